The Hall–Kier alpha value is -2.20. The van der Waals surface area contributed by atoms with E-state index in [0.717, 1.165) is 16.9 Å². The SMILES string of the molecule is Cn1c(C(CN)c2ccccc2)nc2cc(F)ccc21. The molecule has 2 N–H and O–H groups in total. The fraction of sp³-hybridized carbons (Fsp3) is 0.188. The number of fused-ring (bicyclic) bond motifs is 1. The van der Waals surface area contributed by atoms with Crippen molar-refractivity contribution in [2.24, 2.45) is 12.8 Å². The quantitative estimate of drug-likeness (QED) is 0.794. The van der Waals surface area contributed by atoms with Crippen LogP contribution in [-0.4, -0.2) is 16.1 Å². The summed E-state index contributed by atoms with van der Waals surface area (Å²) < 4.78 is 15.3. The summed E-state index contributed by atoms with van der Waals surface area (Å²) in [4.78, 5) is 4.56. The molecule has 20 heavy (non-hydrogen) atoms. The summed E-state index contributed by atoms with van der Waals surface area (Å²) in [7, 11) is 1.94. The Labute approximate surface area is 116 Å². The molecule has 0 aliphatic heterocycles. The predicted molar refractivity (Wildman–Crippen MR) is 78.0 cm³/mol. The molecule has 0 fully saturated rings. The third-order valence-electron chi connectivity index (χ3n) is 3.63. The smallest absolute Gasteiger partial charge is 0.125 e. The topological polar surface area (TPSA) is 43.8 Å². The second-order valence-electron chi connectivity index (χ2n) is 4.86. The third kappa shape index (κ3) is 2.08. The molecule has 0 aliphatic rings. The summed E-state index contributed by atoms with van der Waals surface area (Å²) in [5, 5.41) is 0. The van der Waals surface area contributed by atoms with Gasteiger partial charge in [-0.05, 0) is 17.7 Å². The van der Waals surface area contributed by atoms with Gasteiger partial charge in [0.15, 0.2) is 0 Å². The monoisotopic (exact) mass is 269 g/mol. The van der Waals surface area contributed by atoms with Gasteiger partial charge in [0.1, 0.15) is 11.6 Å². The standard InChI is InChI=1S/C16H16FN3/c1-20-15-8-7-12(17)9-14(15)19-16(20)13(10-18)11-5-3-2-4-6-11/h2-9,13H,10,18H2,1H3. The predicted octanol–water partition coefficient (Wildman–Crippen LogP) is 2.80. The maximum Gasteiger partial charge on any atom is 0.125 e. The lowest BCUT2D eigenvalue weighted by Crippen LogP contribution is -2.17. The van der Waals surface area contributed by atoms with Gasteiger partial charge in [-0.25, -0.2) is 9.37 Å². The molecule has 1 atom stereocenters. The molecule has 1 aromatic heterocycles. The normalized spacial score (nSPS) is 12.8. The zero-order valence-electron chi connectivity index (χ0n) is 11.3. The molecule has 0 bridgehead atoms. The van der Waals surface area contributed by atoms with Crippen molar-refractivity contribution in [3.05, 3.63) is 65.7 Å². The number of halogens is 1. The lowest BCUT2D eigenvalue weighted by molar-refractivity contribution is 0.629. The summed E-state index contributed by atoms with van der Waals surface area (Å²) >= 11 is 0. The molecule has 3 rings (SSSR count). The summed E-state index contributed by atoms with van der Waals surface area (Å²) in [6.45, 7) is 0.462. The van der Waals surface area contributed by atoms with Crippen LogP contribution in [0.1, 0.15) is 17.3 Å². The van der Waals surface area contributed by atoms with Crippen molar-refractivity contribution in [2.75, 3.05) is 6.54 Å². The molecule has 4 heteroatoms. The van der Waals surface area contributed by atoms with E-state index in [-0.39, 0.29) is 11.7 Å². The number of aromatic nitrogens is 2. The Balaban J connectivity index is 2.15. The van der Waals surface area contributed by atoms with E-state index in [1.165, 1.54) is 12.1 Å². The summed E-state index contributed by atoms with van der Waals surface area (Å²) in [6, 6.07) is 14.7. The molecule has 0 saturated heterocycles. The first-order chi connectivity index (χ1) is 9.70. The van der Waals surface area contributed by atoms with Gasteiger partial charge in [-0.15, -0.1) is 0 Å². The Bertz CT molecular complexity index is 734. The van der Waals surface area contributed by atoms with E-state index in [1.807, 2.05) is 41.9 Å². The van der Waals surface area contributed by atoms with Crippen molar-refractivity contribution in [3.63, 3.8) is 0 Å². The zero-order valence-corrected chi connectivity index (χ0v) is 11.3. The number of hydrogen-bond acceptors (Lipinski definition) is 2. The Kier molecular flexibility index (Phi) is 3.24. The van der Waals surface area contributed by atoms with Crippen LogP contribution in [0.4, 0.5) is 4.39 Å². The molecule has 1 heterocycles. The zero-order chi connectivity index (χ0) is 14.1. The van der Waals surface area contributed by atoms with Crippen LogP contribution in [0, 0.1) is 5.82 Å². The van der Waals surface area contributed by atoms with Gasteiger partial charge in [-0.3, -0.25) is 0 Å². The molecule has 0 saturated carbocycles. The van der Waals surface area contributed by atoms with Gasteiger partial charge in [0.2, 0.25) is 0 Å². The van der Waals surface area contributed by atoms with Gasteiger partial charge in [-0.1, -0.05) is 30.3 Å². The van der Waals surface area contributed by atoms with E-state index in [9.17, 15) is 4.39 Å². The van der Waals surface area contributed by atoms with Gasteiger partial charge in [0.25, 0.3) is 0 Å². The van der Waals surface area contributed by atoms with Crippen LogP contribution in [0.2, 0.25) is 0 Å². The third-order valence-corrected chi connectivity index (χ3v) is 3.63. The maximum atomic E-state index is 13.3. The Morgan fingerprint density at radius 3 is 2.65 bits per heavy atom. The number of nitrogens with two attached hydrogens (primary N) is 1. The second kappa shape index (κ2) is 5.06. The summed E-state index contributed by atoms with van der Waals surface area (Å²) in [5.41, 5.74) is 8.63. The van der Waals surface area contributed by atoms with E-state index < -0.39 is 0 Å². The number of hydrogen-bond donors (Lipinski definition) is 1. The number of nitrogens with zero attached hydrogens (tertiary/aromatic N) is 2. The first kappa shape index (κ1) is 12.8. The minimum Gasteiger partial charge on any atom is -0.331 e. The van der Waals surface area contributed by atoms with E-state index in [1.54, 1.807) is 6.07 Å². The molecule has 1 unspecified atom stereocenters. The minimum absolute atomic E-state index is 0.0108. The second-order valence-corrected chi connectivity index (χ2v) is 4.86. The molecule has 102 valence electrons. The van der Waals surface area contributed by atoms with Gasteiger partial charge < -0.3 is 10.3 Å². The van der Waals surface area contributed by atoms with Crippen LogP contribution in [0.15, 0.2) is 48.5 Å². The maximum absolute atomic E-state index is 13.3. The lowest BCUT2D eigenvalue weighted by atomic mass is 9.98. The van der Waals surface area contributed by atoms with Crippen LogP contribution in [0.5, 0.6) is 0 Å². The van der Waals surface area contributed by atoms with Crippen molar-refractivity contribution in [3.8, 4) is 0 Å². The van der Waals surface area contributed by atoms with Crippen LogP contribution in [0.25, 0.3) is 11.0 Å². The summed E-state index contributed by atoms with van der Waals surface area (Å²) in [5.74, 6) is 0.599. The molecule has 0 radical (unpaired) electrons. The molecule has 0 spiro atoms. The van der Waals surface area contributed by atoms with Gasteiger partial charge in [0.05, 0.1) is 17.0 Å². The van der Waals surface area contributed by atoms with Crippen LogP contribution < -0.4 is 5.73 Å². The first-order valence-corrected chi connectivity index (χ1v) is 6.57. The Morgan fingerprint density at radius 2 is 1.95 bits per heavy atom. The number of benzene rings is 2. The molecule has 2 aromatic carbocycles. The number of aryl methyl sites for hydroxylation is 1. The number of rotatable bonds is 3. The van der Waals surface area contributed by atoms with Gasteiger partial charge in [0, 0.05) is 19.7 Å². The highest BCUT2D eigenvalue weighted by atomic mass is 19.1. The van der Waals surface area contributed by atoms with Crippen LogP contribution in [-0.2, 0) is 7.05 Å². The van der Waals surface area contributed by atoms with Gasteiger partial charge >= 0.3 is 0 Å². The van der Waals surface area contributed by atoms with E-state index >= 15 is 0 Å². The van der Waals surface area contributed by atoms with Crippen molar-refractivity contribution in [1.29, 1.82) is 0 Å². The molecule has 0 aliphatic carbocycles. The molecule has 3 nitrogen and oxygen atoms in total. The molecular formula is C16H16FN3. The lowest BCUT2D eigenvalue weighted by Gasteiger charge is -2.15. The average molecular weight is 269 g/mol. The highest BCUT2D eigenvalue weighted by Crippen LogP contribution is 2.26. The van der Waals surface area contributed by atoms with Crippen molar-refractivity contribution in [1.82, 2.24) is 9.55 Å². The van der Waals surface area contributed by atoms with E-state index in [4.69, 9.17) is 5.73 Å². The fourth-order valence-electron chi connectivity index (χ4n) is 2.58. The molecule has 3 aromatic rings. The first-order valence-electron chi connectivity index (χ1n) is 6.57. The number of imidazole rings is 1. The van der Waals surface area contributed by atoms with E-state index in [2.05, 4.69) is 4.98 Å². The van der Waals surface area contributed by atoms with Crippen molar-refractivity contribution < 1.29 is 4.39 Å². The van der Waals surface area contributed by atoms with E-state index in [0.29, 0.717) is 12.1 Å². The molecule has 0 amide bonds. The average Bonchev–Trinajstić information content (AvgIpc) is 2.78. The van der Waals surface area contributed by atoms with Crippen LogP contribution in [0.3, 0.4) is 0 Å². The summed E-state index contributed by atoms with van der Waals surface area (Å²) in [6.07, 6.45) is 0. The highest BCUT2D eigenvalue weighted by molar-refractivity contribution is 5.76. The van der Waals surface area contributed by atoms with Crippen LogP contribution >= 0.6 is 0 Å². The fourth-order valence-corrected chi connectivity index (χ4v) is 2.58. The van der Waals surface area contributed by atoms with Gasteiger partial charge in [-0.2, -0.15) is 0 Å². The Morgan fingerprint density at radius 1 is 1.20 bits per heavy atom. The minimum atomic E-state index is -0.272. The van der Waals surface area contributed by atoms with Crippen molar-refractivity contribution in [2.45, 2.75) is 5.92 Å². The van der Waals surface area contributed by atoms with Crippen molar-refractivity contribution >= 4 is 11.0 Å². The highest BCUT2D eigenvalue weighted by Gasteiger charge is 2.19. The molecular weight excluding hydrogens is 253 g/mol. The largest absolute Gasteiger partial charge is 0.331 e.